The highest BCUT2D eigenvalue weighted by Gasteiger charge is 2.33. The molecule has 2 aliphatic heterocycles. The Morgan fingerprint density at radius 3 is 2.37 bits per heavy atom. The standard InChI is InChI=1S/C19H27N5O2S/c1-2-9-24-18-8-4-3-7-17(18)20-19(24)16-21-12-14-23(15-13-21)27(25,26)22-10-5-6-11-22/h2-4,7-8H,1,5-6,9-16H2. The van der Waals surface area contributed by atoms with Gasteiger partial charge in [0.2, 0.25) is 0 Å². The first-order valence-corrected chi connectivity index (χ1v) is 11.0. The summed E-state index contributed by atoms with van der Waals surface area (Å²) < 4.78 is 30.9. The van der Waals surface area contributed by atoms with E-state index in [1.807, 2.05) is 24.3 Å². The third kappa shape index (κ3) is 3.67. The van der Waals surface area contributed by atoms with Crippen LogP contribution in [0, 0.1) is 0 Å². The van der Waals surface area contributed by atoms with Crippen LogP contribution in [0.3, 0.4) is 0 Å². The van der Waals surface area contributed by atoms with Crippen molar-refractivity contribution in [1.82, 2.24) is 23.1 Å². The fraction of sp³-hybridized carbons (Fsp3) is 0.526. The number of benzene rings is 1. The lowest BCUT2D eigenvalue weighted by atomic mass is 10.3. The maximum Gasteiger partial charge on any atom is 0.282 e. The fourth-order valence-electron chi connectivity index (χ4n) is 3.98. The molecule has 27 heavy (non-hydrogen) atoms. The number of hydrogen-bond acceptors (Lipinski definition) is 4. The maximum absolute atomic E-state index is 12.7. The van der Waals surface area contributed by atoms with E-state index < -0.39 is 10.2 Å². The Kier molecular flexibility index (Phi) is 5.32. The maximum atomic E-state index is 12.7. The van der Waals surface area contributed by atoms with E-state index in [-0.39, 0.29) is 0 Å². The van der Waals surface area contributed by atoms with Crippen molar-refractivity contribution in [3.05, 3.63) is 42.7 Å². The molecule has 2 aliphatic rings. The van der Waals surface area contributed by atoms with Crippen LogP contribution in [-0.2, 0) is 23.3 Å². The summed E-state index contributed by atoms with van der Waals surface area (Å²) in [6, 6.07) is 8.13. The Morgan fingerprint density at radius 1 is 1.00 bits per heavy atom. The van der Waals surface area contributed by atoms with Gasteiger partial charge in [-0.25, -0.2) is 4.98 Å². The van der Waals surface area contributed by atoms with E-state index >= 15 is 0 Å². The third-order valence-corrected chi connectivity index (χ3v) is 7.49. The quantitative estimate of drug-likeness (QED) is 0.706. The molecule has 0 radical (unpaired) electrons. The second kappa shape index (κ2) is 7.71. The van der Waals surface area contributed by atoms with Crippen molar-refractivity contribution in [2.24, 2.45) is 0 Å². The van der Waals surface area contributed by atoms with Gasteiger partial charge in [-0.1, -0.05) is 18.2 Å². The lowest BCUT2D eigenvalue weighted by Gasteiger charge is -2.35. The van der Waals surface area contributed by atoms with Gasteiger partial charge in [0.1, 0.15) is 5.82 Å². The van der Waals surface area contributed by atoms with Crippen LogP contribution in [0.15, 0.2) is 36.9 Å². The summed E-state index contributed by atoms with van der Waals surface area (Å²) in [5.41, 5.74) is 2.10. The van der Waals surface area contributed by atoms with Gasteiger partial charge in [0.15, 0.2) is 0 Å². The van der Waals surface area contributed by atoms with Crippen LogP contribution in [0.1, 0.15) is 18.7 Å². The van der Waals surface area contributed by atoms with Crippen LogP contribution in [0.5, 0.6) is 0 Å². The fourth-order valence-corrected chi connectivity index (χ4v) is 5.65. The number of para-hydroxylation sites is 2. The first-order valence-electron chi connectivity index (χ1n) is 9.62. The van der Waals surface area contributed by atoms with Gasteiger partial charge in [-0.2, -0.15) is 17.0 Å². The van der Waals surface area contributed by atoms with Crippen LogP contribution in [0.4, 0.5) is 0 Å². The number of hydrogen-bond donors (Lipinski definition) is 0. The van der Waals surface area contributed by atoms with Crippen LogP contribution in [0.2, 0.25) is 0 Å². The van der Waals surface area contributed by atoms with Gasteiger partial charge < -0.3 is 4.57 Å². The highest BCUT2D eigenvalue weighted by atomic mass is 32.2. The highest BCUT2D eigenvalue weighted by molar-refractivity contribution is 7.86. The molecule has 146 valence electrons. The smallest absolute Gasteiger partial charge is 0.282 e. The third-order valence-electron chi connectivity index (χ3n) is 5.46. The Bertz CT molecular complexity index is 909. The second-order valence-electron chi connectivity index (χ2n) is 7.21. The number of nitrogens with zero attached hydrogens (tertiary/aromatic N) is 5. The number of rotatable bonds is 6. The second-order valence-corrected chi connectivity index (χ2v) is 9.13. The lowest BCUT2D eigenvalue weighted by Crippen LogP contribution is -2.52. The molecule has 0 atom stereocenters. The zero-order valence-corrected chi connectivity index (χ0v) is 16.4. The first-order chi connectivity index (χ1) is 13.1. The van der Waals surface area contributed by atoms with Crippen molar-refractivity contribution in [3.8, 4) is 0 Å². The normalized spacial score (nSPS) is 20.4. The van der Waals surface area contributed by atoms with Gasteiger partial charge in [-0.3, -0.25) is 4.90 Å². The van der Waals surface area contributed by atoms with E-state index in [2.05, 4.69) is 22.1 Å². The molecule has 0 unspecified atom stereocenters. The van der Waals surface area contributed by atoms with Crippen LogP contribution in [0.25, 0.3) is 11.0 Å². The Hall–Kier alpha value is -1.74. The predicted molar refractivity (Wildman–Crippen MR) is 107 cm³/mol. The summed E-state index contributed by atoms with van der Waals surface area (Å²) in [5, 5.41) is 0. The molecule has 2 fully saturated rings. The molecular weight excluding hydrogens is 362 g/mol. The Labute approximate surface area is 161 Å². The van der Waals surface area contributed by atoms with Gasteiger partial charge >= 0.3 is 0 Å². The Morgan fingerprint density at radius 2 is 1.67 bits per heavy atom. The van der Waals surface area contributed by atoms with Crippen LogP contribution in [-0.4, -0.2) is 70.7 Å². The molecule has 0 aliphatic carbocycles. The molecule has 0 bridgehead atoms. The average Bonchev–Trinajstić information content (AvgIpc) is 3.32. The average molecular weight is 390 g/mol. The largest absolute Gasteiger partial charge is 0.323 e. The molecule has 0 spiro atoms. The summed E-state index contributed by atoms with van der Waals surface area (Å²) in [6.45, 7) is 9.17. The molecule has 4 rings (SSSR count). The molecule has 7 nitrogen and oxygen atoms in total. The van der Waals surface area contributed by atoms with E-state index in [1.165, 1.54) is 0 Å². The topological polar surface area (TPSA) is 61.7 Å². The van der Waals surface area contributed by atoms with Gasteiger partial charge in [-0.15, -0.1) is 6.58 Å². The SMILES string of the molecule is C=CCn1c(CN2CCN(S(=O)(=O)N3CCCC3)CC2)nc2ccccc21. The minimum absolute atomic E-state index is 0.542. The zero-order chi connectivity index (χ0) is 18.9. The van der Waals surface area contributed by atoms with E-state index in [4.69, 9.17) is 4.98 Å². The zero-order valence-electron chi connectivity index (χ0n) is 15.6. The number of piperazine rings is 1. The number of fused-ring (bicyclic) bond motifs is 1. The molecule has 1 aromatic carbocycles. The van der Waals surface area contributed by atoms with Crippen LogP contribution >= 0.6 is 0 Å². The number of imidazole rings is 1. The van der Waals surface area contributed by atoms with Gasteiger partial charge in [0, 0.05) is 45.8 Å². The van der Waals surface area contributed by atoms with E-state index in [9.17, 15) is 8.42 Å². The summed E-state index contributed by atoms with van der Waals surface area (Å²) in [7, 11) is -3.29. The molecule has 0 N–H and O–H groups in total. The molecule has 8 heteroatoms. The summed E-state index contributed by atoms with van der Waals surface area (Å²) in [6.07, 6.45) is 3.83. The van der Waals surface area contributed by atoms with E-state index in [0.29, 0.717) is 26.2 Å². The van der Waals surface area contributed by atoms with Gasteiger partial charge in [-0.05, 0) is 25.0 Å². The van der Waals surface area contributed by atoms with Crippen molar-refractivity contribution in [3.63, 3.8) is 0 Å². The van der Waals surface area contributed by atoms with Crippen molar-refractivity contribution in [1.29, 1.82) is 0 Å². The van der Waals surface area contributed by atoms with E-state index in [0.717, 1.165) is 55.9 Å². The Balaban J connectivity index is 1.44. The molecule has 1 aromatic heterocycles. The van der Waals surface area contributed by atoms with Crippen molar-refractivity contribution < 1.29 is 8.42 Å². The minimum Gasteiger partial charge on any atom is -0.323 e. The molecular formula is C19H27N5O2S. The number of allylic oxidation sites excluding steroid dienone is 1. The molecule has 2 saturated heterocycles. The van der Waals surface area contributed by atoms with Crippen molar-refractivity contribution >= 4 is 21.2 Å². The first kappa shape index (κ1) is 18.6. The number of aromatic nitrogens is 2. The monoisotopic (exact) mass is 389 g/mol. The van der Waals surface area contributed by atoms with Gasteiger partial charge in [0.25, 0.3) is 10.2 Å². The predicted octanol–water partition coefficient (Wildman–Crippen LogP) is 1.68. The van der Waals surface area contributed by atoms with E-state index in [1.54, 1.807) is 8.61 Å². The highest BCUT2D eigenvalue weighted by Crippen LogP contribution is 2.20. The summed E-state index contributed by atoms with van der Waals surface area (Å²) >= 11 is 0. The van der Waals surface area contributed by atoms with Crippen LogP contribution < -0.4 is 0 Å². The lowest BCUT2D eigenvalue weighted by molar-refractivity contribution is 0.171. The molecule has 0 amide bonds. The van der Waals surface area contributed by atoms with Gasteiger partial charge in [0.05, 0.1) is 17.6 Å². The van der Waals surface area contributed by atoms with Crippen molar-refractivity contribution in [2.45, 2.75) is 25.9 Å². The van der Waals surface area contributed by atoms with Crippen molar-refractivity contribution in [2.75, 3.05) is 39.3 Å². The minimum atomic E-state index is -3.29. The summed E-state index contributed by atoms with van der Waals surface area (Å²) in [4.78, 5) is 7.08. The summed E-state index contributed by atoms with van der Waals surface area (Å²) in [5.74, 6) is 1.01. The molecule has 2 aromatic rings. The molecule has 0 saturated carbocycles. The molecule has 3 heterocycles.